The molecule has 0 bridgehead atoms. The molecule has 1 aliphatic heterocycles. The van der Waals surface area contributed by atoms with Gasteiger partial charge < -0.3 is 10.1 Å². The van der Waals surface area contributed by atoms with E-state index in [1.165, 1.54) is 12.0 Å². The largest absolute Gasteiger partial charge is 0.481 e. The maximum Gasteiger partial charge on any atom is 0.216 e. The lowest BCUT2D eigenvalue weighted by Crippen LogP contribution is -2.35. The summed E-state index contributed by atoms with van der Waals surface area (Å²) in [6.45, 7) is 3.13. The van der Waals surface area contributed by atoms with Crippen LogP contribution < -0.4 is 10.1 Å². The van der Waals surface area contributed by atoms with E-state index in [-0.39, 0.29) is 0 Å². The van der Waals surface area contributed by atoms with E-state index >= 15 is 0 Å². The van der Waals surface area contributed by atoms with Crippen LogP contribution in [0, 0.1) is 6.92 Å². The SMILES string of the molecule is COc1c(C2CCN2)c(C)nn1C. The van der Waals surface area contributed by atoms with E-state index in [9.17, 15) is 0 Å². The quantitative estimate of drug-likeness (QED) is 0.732. The molecule has 2 heterocycles. The highest BCUT2D eigenvalue weighted by atomic mass is 16.5. The number of aromatic nitrogens is 2. The van der Waals surface area contributed by atoms with E-state index in [0.29, 0.717) is 6.04 Å². The van der Waals surface area contributed by atoms with Crippen LogP contribution in [0.1, 0.15) is 23.7 Å². The minimum atomic E-state index is 0.448. The van der Waals surface area contributed by atoms with Crippen molar-refractivity contribution < 1.29 is 4.74 Å². The van der Waals surface area contributed by atoms with Crippen LogP contribution in [-0.2, 0) is 7.05 Å². The highest BCUT2D eigenvalue weighted by Gasteiger charge is 2.27. The summed E-state index contributed by atoms with van der Waals surface area (Å²) < 4.78 is 7.11. The number of nitrogens with one attached hydrogen (secondary N) is 1. The average Bonchev–Trinajstić information content (AvgIpc) is 2.24. The number of ether oxygens (including phenoxy) is 1. The molecule has 0 amide bonds. The van der Waals surface area contributed by atoms with Gasteiger partial charge in [-0.05, 0) is 19.9 Å². The third-order valence-electron chi connectivity index (χ3n) is 2.58. The molecular weight excluding hydrogens is 166 g/mol. The average molecular weight is 181 g/mol. The number of rotatable bonds is 2. The van der Waals surface area contributed by atoms with E-state index in [0.717, 1.165) is 18.1 Å². The second-order valence-corrected chi connectivity index (χ2v) is 3.43. The van der Waals surface area contributed by atoms with Gasteiger partial charge in [-0.25, -0.2) is 4.68 Å². The fourth-order valence-corrected chi connectivity index (χ4v) is 1.83. The van der Waals surface area contributed by atoms with Crippen LogP contribution in [0.2, 0.25) is 0 Å². The molecule has 1 N–H and O–H groups in total. The van der Waals surface area contributed by atoms with Gasteiger partial charge in [0.25, 0.3) is 0 Å². The fourth-order valence-electron chi connectivity index (χ4n) is 1.83. The molecule has 0 spiro atoms. The second-order valence-electron chi connectivity index (χ2n) is 3.43. The molecule has 1 aliphatic rings. The Labute approximate surface area is 77.9 Å². The van der Waals surface area contributed by atoms with Crippen LogP contribution in [0.3, 0.4) is 0 Å². The van der Waals surface area contributed by atoms with Crippen molar-refractivity contribution in [3.8, 4) is 5.88 Å². The summed E-state index contributed by atoms with van der Waals surface area (Å²) in [7, 11) is 3.60. The summed E-state index contributed by atoms with van der Waals surface area (Å²) in [6.07, 6.45) is 1.18. The normalized spacial score (nSPS) is 21.3. The molecule has 0 radical (unpaired) electrons. The fraction of sp³-hybridized carbons (Fsp3) is 0.667. The molecule has 1 unspecified atom stereocenters. The van der Waals surface area contributed by atoms with Crippen LogP contribution in [0.4, 0.5) is 0 Å². The lowest BCUT2D eigenvalue weighted by atomic mass is 9.98. The summed E-state index contributed by atoms with van der Waals surface area (Å²) >= 11 is 0. The smallest absolute Gasteiger partial charge is 0.216 e. The van der Waals surface area contributed by atoms with Crippen molar-refractivity contribution in [2.45, 2.75) is 19.4 Å². The molecule has 0 aliphatic carbocycles. The summed E-state index contributed by atoms with van der Waals surface area (Å²) in [5.74, 6) is 0.884. The lowest BCUT2D eigenvalue weighted by molar-refractivity contribution is 0.336. The van der Waals surface area contributed by atoms with Crippen molar-refractivity contribution >= 4 is 0 Å². The predicted molar refractivity (Wildman–Crippen MR) is 49.9 cm³/mol. The molecule has 4 heteroatoms. The maximum absolute atomic E-state index is 5.31. The molecule has 0 aromatic carbocycles. The van der Waals surface area contributed by atoms with Gasteiger partial charge in [0.2, 0.25) is 5.88 Å². The number of aryl methyl sites for hydroxylation is 2. The first-order chi connectivity index (χ1) is 6.24. The van der Waals surface area contributed by atoms with Gasteiger partial charge in [0.15, 0.2) is 0 Å². The Balaban J connectivity index is 2.40. The number of nitrogens with zero attached hydrogens (tertiary/aromatic N) is 2. The Hall–Kier alpha value is -1.03. The Morgan fingerprint density at radius 1 is 1.62 bits per heavy atom. The maximum atomic E-state index is 5.31. The number of methoxy groups -OCH3 is 1. The molecule has 1 aromatic rings. The Bertz CT molecular complexity index is 315. The molecule has 4 nitrogen and oxygen atoms in total. The van der Waals surface area contributed by atoms with Crippen LogP contribution >= 0.6 is 0 Å². The molecule has 2 rings (SSSR count). The van der Waals surface area contributed by atoms with Crippen LogP contribution in [0.15, 0.2) is 0 Å². The zero-order chi connectivity index (χ0) is 9.42. The van der Waals surface area contributed by atoms with Crippen LogP contribution in [0.5, 0.6) is 5.88 Å². The van der Waals surface area contributed by atoms with E-state index in [4.69, 9.17) is 4.74 Å². The minimum Gasteiger partial charge on any atom is -0.481 e. The Morgan fingerprint density at radius 3 is 2.77 bits per heavy atom. The van der Waals surface area contributed by atoms with Crippen LogP contribution in [0.25, 0.3) is 0 Å². The topological polar surface area (TPSA) is 39.1 Å². The van der Waals surface area contributed by atoms with Gasteiger partial charge in [-0.2, -0.15) is 5.10 Å². The molecular formula is C9H15N3O. The van der Waals surface area contributed by atoms with E-state index in [1.54, 1.807) is 11.8 Å². The van der Waals surface area contributed by atoms with E-state index in [1.807, 2.05) is 14.0 Å². The molecule has 1 saturated heterocycles. The first-order valence-corrected chi connectivity index (χ1v) is 4.55. The van der Waals surface area contributed by atoms with Crippen molar-refractivity contribution in [1.82, 2.24) is 15.1 Å². The summed E-state index contributed by atoms with van der Waals surface area (Å²) in [5.41, 5.74) is 2.28. The van der Waals surface area contributed by atoms with Gasteiger partial charge in [-0.1, -0.05) is 0 Å². The first kappa shape index (κ1) is 8.56. The van der Waals surface area contributed by atoms with Crippen molar-refractivity contribution in [3.05, 3.63) is 11.3 Å². The highest BCUT2D eigenvalue weighted by molar-refractivity contribution is 5.35. The summed E-state index contributed by atoms with van der Waals surface area (Å²) in [5, 5.41) is 7.69. The van der Waals surface area contributed by atoms with Crippen molar-refractivity contribution in [2.75, 3.05) is 13.7 Å². The zero-order valence-corrected chi connectivity index (χ0v) is 8.29. The predicted octanol–water partition coefficient (Wildman–Crippen LogP) is 0.772. The molecule has 1 fully saturated rings. The molecule has 72 valence electrons. The third-order valence-corrected chi connectivity index (χ3v) is 2.58. The van der Waals surface area contributed by atoms with Gasteiger partial charge in [0.1, 0.15) is 0 Å². The summed E-state index contributed by atoms with van der Waals surface area (Å²) in [4.78, 5) is 0. The highest BCUT2D eigenvalue weighted by Crippen LogP contribution is 2.32. The molecule has 1 aromatic heterocycles. The van der Waals surface area contributed by atoms with Crippen molar-refractivity contribution in [2.24, 2.45) is 7.05 Å². The van der Waals surface area contributed by atoms with Gasteiger partial charge in [-0.3, -0.25) is 0 Å². The minimum absolute atomic E-state index is 0.448. The molecule has 13 heavy (non-hydrogen) atoms. The van der Waals surface area contributed by atoms with Gasteiger partial charge in [0.05, 0.1) is 18.4 Å². The molecule has 0 saturated carbocycles. The van der Waals surface area contributed by atoms with E-state index in [2.05, 4.69) is 10.4 Å². The Morgan fingerprint density at radius 2 is 2.31 bits per heavy atom. The first-order valence-electron chi connectivity index (χ1n) is 4.55. The second kappa shape index (κ2) is 3.03. The third kappa shape index (κ3) is 1.21. The van der Waals surface area contributed by atoms with Gasteiger partial charge >= 0.3 is 0 Å². The zero-order valence-electron chi connectivity index (χ0n) is 8.29. The van der Waals surface area contributed by atoms with Gasteiger partial charge in [0, 0.05) is 13.1 Å². The van der Waals surface area contributed by atoms with Crippen LogP contribution in [-0.4, -0.2) is 23.4 Å². The monoisotopic (exact) mass is 181 g/mol. The van der Waals surface area contributed by atoms with Gasteiger partial charge in [-0.15, -0.1) is 0 Å². The summed E-state index contributed by atoms with van der Waals surface area (Å²) in [6, 6.07) is 0.448. The van der Waals surface area contributed by atoms with Crippen molar-refractivity contribution in [1.29, 1.82) is 0 Å². The van der Waals surface area contributed by atoms with E-state index < -0.39 is 0 Å². The number of hydrogen-bond donors (Lipinski definition) is 1. The Kier molecular flexibility index (Phi) is 2.00. The standard InChI is InChI=1S/C9H15N3O/c1-6-8(7-4-5-10-7)9(13-3)12(2)11-6/h7,10H,4-5H2,1-3H3. The molecule has 1 atom stereocenters. The number of hydrogen-bond acceptors (Lipinski definition) is 3. The van der Waals surface area contributed by atoms with Crippen molar-refractivity contribution in [3.63, 3.8) is 0 Å². The lowest BCUT2D eigenvalue weighted by Gasteiger charge is -2.27.